The number of benzene rings is 1. The Morgan fingerprint density at radius 2 is 2.07 bits per heavy atom. The maximum absolute atomic E-state index is 12.4. The Hall–Kier alpha value is -3.43. The highest BCUT2D eigenvalue weighted by Gasteiger charge is 2.31. The molecule has 2 heterocycles. The van der Waals surface area contributed by atoms with Gasteiger partial charge < -0.3 is 14.6 Å². The Morgan fingerprint density at radius 1 is 1.27 bits per heavy atom. The lowest BCUT2D eigenvalue weighted by atomic mass is 10.1. The van der Waals surface area contributed by atoms with Gasteiger partial charge in [0.1, 0.15) is 11.8 Å². The van der Waals surface area contributed by atoms with Crippen LogP contribution in [0.4, 0.5) is 13.2 Å². The number of amides is 1. The summed E-state index contributed by atoms with van der Waals surface area (Å²) in [4.78, 5) is 21.1. The van der Waals surface area contributed by atoms with Crippen LogP contribution >= 0.6 is 0 Å². The number of halogens is 3. The largest absolute Gasteiger partial charge is 0.573 e. The van der Waals surface area contributed by atoms with E-state index in [1.54, 1.807) is 19.2 Å². The molecule has 1 fully saturated rings. The fraction of sp³-hybridized carbons (Fsp3) is 0.300. The molecule has 0 radical (unpaired) electrons. The van der Waals surface area contributed by atoms with Gasteiger partial charge in [-0.05, 0) is 50.1 Å². The summed E-state index contributed by atoms with van der Waals surface area (Å²) in [5.41, 5.74) is 1.75. The van der Waals surface area contributed by atoms with Crippen LogP contribution in [0.25, 0.3) is 11.4 Å². The molecule has 2 aromatic heterocycles. The van der Waals surface area contributed by atoms with Crippen molar-refractivity contribution >= 4 is 5.91 Å². The van der Waals surface area contributed by atoms with Crippen molar-refractivity contribution in [3.8, 4) is 17.1 Å². The highest BCUT2D eigenvalue weighted by Crippen LogP contribution is 2.39. The number of carbonyl (C=O) groups excluding carboxylic acids is 1. The van der Waals surface area contributed by atoms with E-state index >= 15 is 0 Å². The lowest BCUT2D eigenvalue weighted by Gasteiger charge is -2.12. The molecule has 1 unspecified atom stereocenters. The van der Waals surface area contributed by atoms with Gasteiger partial charge in [0, 0.05) is 28.9 Å². The van der Waals surface area contributed by atoms with Crippen LogP contribution in [0.5, 0.6) is 5.75 Å². The molecule has 0 saturated heterocycles. The van der Waals surface area contributed by atoms with Crippen molar-refractivity contribution in [2.75, 3.05) is 0 Å². The zero-order valence-electron chi connectivity index (χ0n) is 15.8. The lowest BCUT2D eigenvalue weighted by molar-refractivity contribution is -0.274. The number of aromatic nitrogens is 3. The van der Waals surface area contributed by atoms with Crippen LogP contribution in [0, 0.1) is 0 Å². The van der Waals surface area contributed by atoms with Crippen molar-refractivity contribution in [1.29, 1.82) is 0 Å². The standard InChI is InChI=1S/C20H17F3N4O3/c1-11(25-18(28)14-3-2-4-15(9-14)29-20(21,22)23)19-26-17(27-30-19)13-7-8-24-16(10-13)12-5-6-12/h2-4,7-12H,5-6H2,1H3,(H,25,28). The molecule has 1 aliphatic carbocycles. The first kappa shape index (κ1) is 19.9. The molecule has 0 aliphatic heterocycles. The van der Waals surface area contributed by atoms with Crippen LogP contribution in [0.3, 0.4) is 0 Å². The highest BCUT2D eigenvalue weighted by atomic mass is 19.4. The minimum atomic E-state index is -4.84. The molecule has 30 heavy (non-hydrogen) atoms. The zero-order chi connectivity index (χ0) is 21.3. The molecule has 1 atom stereocenters. The van der Waals surface area contributed by atoms with Crippen molar-refractivity contribution in [3.05, 3.63) is 59.7 Å². The van der Waals surface area contributed by atoms with E-state index in [9.17, 15) is 18.0 Å². The number of carbonyl (C=O) groups is 1. The third kappa shape index (κ3) is 4.76. The summed E-state index contributed by atoms with van der Waals surface area (Å²) in [6.45, 7) is 1.63. The number of hydrogen-bond donors (Lipinski definition) is 1. The van der Waals surface area contributed by atoms with E-state index in [-0.39, 0.29) is 11.5 Å². The van der Waals surface area contributed by atoms with Crippen LogP contribution in [0.1, 0.15) is 53.7 Å². The van der Waals surface area contributed by atoms with Gasteiger partial charge in [0.05, 0.1) is 0 Å². The Labute approximate surface area is 169 Å². The van der Waals surface area contributed by atoms with Crippen molar-refractivity contribution < 1.29 is 27.2 Å². The molecule has 1 aromatic carbocycles. The number of pyridine rings is 1. The normalized spacial score (nSPS) is 14.9. The molecule has 156 valence electrons. The molecule has 1 saturated carbocycles. The molecule has 1 aliphatic rings. The van der Waals surface area contributed by atoms with Gasteiger partial charge in [-0.1, -0.05) is 11.2 Å². The number of alkyl halides is 3. The summed E-state index contributed by atoms with van der Waals surface area (Å²) < 4.78 is 46.2. The number of ether oxygens (including phenoxy) is 1. The molecule has 3 aromatic rings. The number of nitrogens with zero attached hydrogens (tertiary/aromatic N) is 3. The Balaban J connectivity index is 1.44. The second-order valence-corrected chi connectivity index (χ2v) is 6.97. The van der Waals surface area contributed by atoms with E-state index in [0.717, 1.165) is 36.2 Å². The first-order chi connectivity index (χ1) is 14.3. The van der Waals surface area contributed by atoms with Crippen molar-refractivity contribution in [3.63, 3.8) is 0 Å². The zero-order valence-corrected chi connectivity index (χ0v) is 15.8. The Morgan fingerprint density at radius 3 is 2.80 bits per heavy atom. The van der Waals surface area contributed by atoms with Crippen molar-refractivity contribution in [2.45, 2.75) is 38.1 Å². The minimum Gasteiger partial charge on any atom is -0.406 e. The summed E-state index contributed by atoms with van der Waals surface area (Å²) in [5.74, 6) is -0.0599. The summed E-state index contributed by atoms with van der Waals surface area (Å²) in [5, 5.41) is 6.58. The van der Waals surface area contributed by atoms with Gasteiger partial charge in [-0.25, -0.2) is 0 Å². The van der Waals surface area contributed by atoms with E-state index in [2.05, 4.69) is 25.2 Å². The first-order valence-electron chi connectivity index (χ1n) is 9.25. The van der Waals surface area contributed by atoms with Crippen LogP contribution in [0.2, 0.25) is 0 Å². The van der Waals surface area contributed by atoms with E-state index < -0.39 is 24.1 Å². The average Bonchev–Trinajstić information content (AvgIpc) is 3.43. The first-order valence-corrected chi connectivity index (χ1v) is 9.25. The van der Waals surface area contributed by atoms with Crippen LogP contribution in [-0.2, 0) is 0 Å². The second-order valence-electron chi connectivity index (χ2n) is 6.97. The third-order valence-electron chi connectivity index (χ3n) is 4.52. The quantitative estimate of drug-likeness (QED) is 0.638. The molecule has 7 nitrogen and oxygen atoms in total. The smallest absolute Gasteiger partial charge is 0.406 e. The number of hydrogen-bond acceptors (Lipinski definition) is 6. The van der Waals surface area contributed by atoms with Gasteiger partial charge in [0.2, 0.25) is 11.7 Å². The van der Waals surface area contributed by atoms with Gasteiger partial charge in [0.25, 0.3) is 5.91 Å². The van der Waals surface area contributed by atoms with E-state index in [4.69, 9.17) is 4.52 Å². The van der Waals surface area contributed by atoms with Crippen LogP contribution < -0.4 is 10.1 Å². The molecular formula is C20H17F3N4O3. The average molecular weight is 418 g/mol. The summed E-state index contributed by atoms with van der Waals surface area (Å²) in [6.07, 6.45) is -0.909. The molecule has 10 heteroatoms. The molecule has 0 bridgehead atoms. The maximum atomic E-state index is 12.4. The number of nitrogens with one attached hydrogen (secondary N) is 1. The van der Waals surface area contributed by atoms with E-state index in [1.807, 2.05) is 6.07 Å². The fourth-order valence-electron chi connectivity index (χ4n) is 2.89. The van der Waals surface area contributed by atoms with Gasteiger partial charge in [-0.15, -0.1) is 13.2 Å². The fourth-order valence-corrected chi connectivity index (χ4v) is 2.89. The molecule has 1 N–H and O–H groups in total. The van der Waals surface area contributed by atoms with Gasteiger partial charge in [0.15, 0.2) is 0 Å². The second kappa shape index (κ2) is 7.77. The minimum absolute atomic E-state index is 0.00606. The molecule has 1 amide bonds. The third-order valence-corrected chi connectivity index (χ3v) is 4.52. The van der Waals surface area contributed by atoms with Gasteiger partial charge in [-0.2, -0.15) is 4.98 Å². The SMILES string of the molecule is CC(NC(=O)c1cccc(OC(F)(F)F)c1)c1nc(-c2ccnc(C3CC3)c2)no1. The Kier molecular flexibility index (Phi) is 5.15. The summed E-state index contributed by atoms with van der Waals surface area (Å²) >= 11 is 0. The van der Waals surface area contributed by atoms with Crippen LogP contribution in [0.15, 0.2) is 47.1 Å². The van der Waals surface area contributed by atoms with Gasteiger partial charge >= 0.3 is 6.36 Å². The summed E-state index contributed by atoms with van der Waals surface area (Å²) in [7, 11) is 0. The maximum Gasteiger partial charge on any atom is 0.573 e. The predicted molar refractivity (Wildman–Crippen MR) is 98.5 cm³/mol. The monoisotopic (exact) mass is 418 g/mol. The summed E-state index contributed by atoms with van der Waals surface area (Å²) in [6, 6.07) is 7.83. The topological polar surface area (TPSA) is 90.1 Å². The molecular weight excluding hydrogens is 401 g/mol. The predicted octanol–water partition coefficient (Wildman–Crippen LogP) is 4.40. The van der Waals surface area contributed by atoms with E-state index in [1.165, 1.54) is 12.1 Å². The highest BCUT2D eigenvalue weighted by molar-refractivity contribution is 5.94. The van der Waals surface area contributed by atoms with Crippen molar-refractivity contribution in [2.24, 2.45) is 0 Å². The van der Waals surface area contributed by atoms with Gasteiger partial charge in [-0.3, -0.25) is 9.78 Å². The van der Waals surface area contributed by atoms with Crippen molar-refractivity contribution in [1.82, 2.24) is 20.4 Å². The lowest BCUT2D eigenvalue weighted by Crippen LogP contribution is -2.27. The number of rotatable bonds is 6. The Bertz CT molecular complexity index is 1060. The van der Waals surface area contributed by atoms with E-state index in [0.29, 0.717) is 11.7 Å². The molecule has 4 rings (SSSR count). The van der Waals surface area contributed by atoms with Crippen LogP contribution in [-0.4, -0.2) is 27.4 Å². The molecule has 0 spiro atoms.